The average Bonchev–Trinajstić information content (AvgIpc) is 3.41. The molecular weight excluding hydrogens is 943 g/mol. The number of hydrogen-bond acceptors (Lipinski definition) is 10. The van der Waals surface area contributed by atoms with E-state index in [-0.39, 0.29) is 18.5 Å². The van der Waals surface area contributed by atoms with Gasteiger partial charge in [0.05, 0.1) is 32.0 Å². The van der Waals surface area contributed by atoms with Crippen molar-refractivity contribution >= 4 is 11.9 Å². The molecule has 0 radical (unpaired) electrons. The third-order valence-corrected chi connectivity index (χ3v) is 14.6. The molecular formula is C64H117NO10. The first-order chi connectivity index (χ1) is 36.7. The van der Waals surface area contributed by atoms with E-state index in [2.05, 4.69) is 55.6 Å². The van der Waals surface area contributed by atoms with Gasteiger partial charge < -0.3 is 45.1 Å². The molecule has 1 aliphatic rings. The molecule has 1 amide bonds. The van der Waals surface area contributed by atoms with Crippen molar-refractivity contribution in [2.24, 2.45) is 0 Å². The van der Waals surface area contributed by atoms with E-state index in [9.17, 15) is 35.1 Å². The van der Waals surface area contributed by atoms with Crippen LogP contribution >= 0.6 is 0 Å². The number of hydrogen-bond donors (Lipinski definition) is 6. The van der Waals surface area contributed by atoms with Gasteiger partial charge in [-0.05, 0) is 77.0 Å². The number of carbonyl (C=O) groups is 2. The summed E-state index contributed by atoms with van der Waals surface area (Å²) in [6.07, 6.45) is 57.9. The standard InChI is InChI=1S/C64H117NO10/c1-3-5-7-9-11-13-15-31-34-38-42-46-50-57(67)56(55-74-64-63(72)62(71)61(70)58(54-66)75-64)65-59(68)51-47-43-39-35-32-28-26-24-22-20-18-16-17-19-21-23-25-27-29-33-37-41-45-49-53-73-60(69)52-48-44-40-36-30-14-12-10-8-6-4-2/h9,11,18,20,31,34,46,50,56-58,61-64,66-67,70-72H,3-8,10,12-17,19,21-30,32-33,35-45,47-49,51-55H2,1-2H3,(H,65,68)/b11-9+,20-18-,34-31+,50-46+. The van der Waals surface area contributed by atoms with E-state index >= 15 is 0 Å². The minimum absolute atomic E-state index is 0.0000266. The van der Waals surface area contributed by atoms with Crippen LogP contribution in [0.2, 0.25) is 0 Å². The number of rotatable bonds is 54. The second kappa shape index (κ2) is 53.6. The van der Waals surface area contributed by atoms with Crippen LogP contribution in [0.15, 0.2) is 48.6 Å². The Balaban J connectivity index is 2.05. The van der Waals surface area contributed by atoms with Crippen LogP contribution in [0.1, 0.15) is 284 Å². The SMILES string of the molecule is CCCC/C=C/CC/C=C/CC/C=C/C(O)C(COC1OC(CO)C(O)C(O)C1O)NC(=O)CCCCCCCCCC/C=C\CCCCCCCCCCCCCCOC(=O)CCCCCCCCCCCCC. The van der Waals surface area contributed by atoms with Crippen LogP contribution in [0.5, 0.6) is 0 Å². The maximum atomic E-state index is 13.0. The van der Waals surface area contributed by atoms with E-state index in [1.807, 2.05) is 6.08 Å². The second-order valence-corrected chi connectivity index (χ2v) is 21.7. The van der Waals surface area contributed by atoms with E-state index in [1.165, 1.54) is 173 Å². The Labute approximate surface area is 459 Å². The molecule has 0 aromatic heterocycles. The van der Waals surface area contributed by atoms with Crippen molar-refractivity contribution in [2.45, 2.75) is 326 Å². The number of ether oxygens (including phenoxy) is 3. The topological polar surface area (TPSA) is 175 Å². The maximum absolute atomic E-state index is 13.0. The monoisotopic (exact) mass is 1060 g/mol. The van der Waals surface area contributed by atoms with Crippen molar-refractivity contribution in [3.63, 3.8) is 0 Å². The number of aliphatic hydroxyl groups excluding tert-OH is 5. The molecule has 1 fully saturated rings. The summed E-state index contributed by atoms with van der Waals surface area (Å²) in [5.74, 6) is -0.202. The highest BCUT2D eigenvalue weighted by molar-refractivity contribution is 5.76. The van der Waals surface area contributed by atoms with Crippen molar-refractivity contribution in [3.8, 4) is 0 Å². The van der Waals surface area contributed by atoms with Crippen molar-refractivity contribution in [3.05, 3.63) is 48.6 Å². The minimum Gasteiger partial charge on any atom is -0.466 e. The molecule has 438 valence electrons. The highest BCUT2D eigenvalue weighted by Gasteiger charge is 2.44. The first-order valence-electron chi connectivity index (χ1n) is 31.4. The molecule has 75 heavy (non-hydrogen) atoms. The number of nitrogens with one attached hydrogen (secondary N) is 1. The van der Waals surface area contributed by atoms with Gasteiger partial charge in [0.1, 0.15) is 24.4 Å². The number of unbranched alkanes of at least 4 members (excludes halogenated alkanes) is 34. The number of aliphatic hydroxyl groups is 5. The van der Waals surface area contributed by atoms with Gasteiger partial charge in [0.2, 0.25) is 5.91 Å². The number of esters is 1. The smallest absolute Gasteiger partial charge is 0.305 e. The molecule has 11 heteroatoms. The van der Waals surface area contributed by atoms with Gasteiger partial charge in [-0.25, -0.2) is 0 Å². The van der Waals surface area contributed by atoms with Crippen LogP contribution < -0.4 is 5.32 Å². The number of carbonyl (C=O) groups excluding carboxylic acids is 2. The van der Waals surface area contributed by atoms with Crippen molar-refractivity contribution in [1.82, 2.24) is 5.32 Å². The van der Waals surface area contributed by atoms with E-state index in [0.717, 1.165) is 83.5 Å². The summed E-state index contributed by atoms with van der Waals surface area (Å²) < 4.78 is 16.7. The van der Waals surface area contributed by atoms with Gasteiger partial charge in [0, 0.05) is 12.8 Å². The summed E-state index contributed by atoms with van der Waals surface area (Å²) in [6.45, 7) is 4.27. The van der Waals surface area contributed by atoms with Gasteiger partial charge in [0.25, 0.3) is 0 Å². The molecule has 0 saturated carbocycles. The third-order valence-electron chi connectivity index (χ3n) is 14.6. The molecule has 0 aromatic rings. The van der Waals surface area contributed by atoms with Gasteiger partial charge in [-0.2, -0.15) is 0 Å². The van der Waals surface area contributed by atoms with Crippen molar-refractivity contribution in [2.75, 3.05) is 19.8 Å². The molecule has 0 bridgehead atoms. The van der Waals surface area contributed by atoms with Crippen LogP contribution in [0, 0.1) is 0 Å². The Morgan fingerprint density at radius 1 is 0.480 bits per heavy atom. The Bertz CT molecular complexity index is 1390. The fourth-order valence-electron chi connectivity index (χ4n) is 9.62. The zero-order valence-electron chi connectivity index (χ0n) is 48.3. The first-order valence-corrected chi connectivity index (χ1v) is 31.4. The molecule has 7 atom stereocenters. The van der Waals surface area contributed by atoms with Gasteiger partial charge in [-0.15, -0.1) is 0 Å². The molecule has 1 rings (SSSR count). The van der Waals surface area contributed by atoms with Gasteiger partial charge in [-0.1, -0.05) is 242 Å². The van der Waals surface area contributed by atoms with E-state index in [4.69, 9.17) is 14.2 Å². The maximum Gasteiger partial charge on any atom is 0.305 e. The van der Waals surface area contributed by atoms with Crippen LogP contribution in [-0.4, -0.2) is 100 Å². The summed E-state index contributed by atoms with van der Waals surface area (Å²) in [5.41, 5.74) is 0. The summed E-state index contributed by atoms with van der Waals surface area (Å²) in [7, 11) is 0. The first kappa shape index (κ1) is 70.6. The second-order valence-electron chi connectivity index (χ2n) is 21.7. The molecule has 7 unspecified atom stereocenters. The molecule has 0 spiro atoms. The highest BCUT2D eigenvalue weighted by atomic mass is 16.7. The quantitative estimate of drug-likeness (QED) is 0.0195. The van der Waals surface area contributed by atoms with Gasteiger partial charge >= 0.3 is 5.97 Å². The Morgan fingerprint density at radius 3 is 1.36 bits per heavy atom. The summed E-state index contributed by atoms with van der Waals surface area (Å²) >= 11 is 0. The lowest BCUT2D eigenvalue weighted by Gasteiger charge is -2.40. The minimum atomic E-state index is -1.58. The zero-order chi connectivity index (χ0) is 54.5. The van der Waals surface area contributed by atoms with Crippen LogP contribution in [0.25, 0.3) is 0 Å². The molecule has 6 N–H and O–H groups in total. The summed E-state index contributed by atoms with van der Waals surface area (Å²) in [6, 6.07) is -0.838. The van der Waals surface area contributed by atoms with Crippen LogP contribution in [0.4, 0.5) is 0 Å². The normalized spacial score (nSPS) is 19.1. The molecule has 0 aromatic carbocycles. The zero-order valence-corrected chi connectivity index (χ0v) is 48.3. The van der Waals surface area contributed by atoms with Crippen LogP contribution in [0.3, 0.4) is 0 Å². The highest BCUT2D eigenvalue weighted by Crippen LogP contribution is 2.23. The summed E-state index contributed by atoms with van der Waals surface area (Å²) in [5, 5.41) is 54.3. The average molecular weight is 1060 g/mol. The van der Waals surface area contributed by atoms with E-state index in [1.54, 1.807) is 6.08 Å². The van der Waals surface area contributed by atoms with Crippen molar-refractivity contribution < 1.29 is 49.3 Å². The number of amides is 1. The van der Waals surface area contributed by atoms with Crippen LogP contribution in [-0.2, 0) is 23.8 Å². The number of allylic oxidation sites excluding steroid dienone is 7. The van der Waals surface area contributed by atoms with Gasteiger partial charge in [-0.3, -0.25) is 9.59 Å². The van der Waals surface area contributed by atoms with E-state index in [0.29, 0.717) is 19.4 Å². The van der Waals surface area contributed by atoms with E-state index < -0.39 is 49.5 Å². The molecule has 11 nitrogen and oxygen atoms in total. The molecule has 1 aliphatic heterocycles. The molecule has 1 heterocycles. The summed E-state index contributed by atoms with van der Waals surface area (Å²) in [4.78, 5) is 25.0. The lowest BCUT2D eigenvalue weighted by atomic mass is 9.99. The Kier molecular flexibility index (Phi) is 50.5. The fraction of sp³-hybridized carbons (Fsp3) is 0.844. The third kappa shape index (κ3) is 43.2. The molecule has 1 saturated heterocycles. The lowest BCUT2D eigenvalue weighted by Crippen LogP contribution is -2.60. The Hall–Kier alpha value is -2.38. The lowest BCUT2D eigenvalue weighted by molar-refractivity contribution is -0.302. The largest absolute Gasteiger partial charge is 0.466 e. The molecule has 0 aliphatic carbocycles. The predicted molar refractivity (Wildman–Crippen MR) is 310 cm³/mol. The fourth-order valence-corrected chi connectivity index (χ4v) is 9.62. The predicted octanol–water partition coefficient (Wildman–Crippen LogP) is 14.8. The Morgan fingerprint density at radius 2 is 0.880 bits per heavy atom. The van der Waals surface area contributed by atoms with Crippen molar-refractivity contribution in [1.29, 1.82) is 0 Å². The van der Waals surface area contributed by atoms with Gasteiger partial charge in [0.15, 0.2) is 6.29 Å².